The Kier molecular flexibility index (Phi) is 4.74. The van der Waals surface area contributed by atoms with Crippen LogP contribution in [0.3, 0.4) is 0 Å². The van der Waals surface area contributed by atoms with Crippen molar-refractivity contribution < 1.29 is 9.18 Å². The highest BCUT2D eigenvalue weighted by molar-refractivity contribution is 7.18. The average molecular weight is 308 g/mol. The van der Waals surface area contributed by atoms with Crippen molar-refractivity contribution in [2.24, 2.45) is 0 Å². The Balaban J connectivity index is 2.14. The van der Waals surface area contributed by atoms with Crippen LogP contribution in [0.2, 0.25) is 0 Å². The van der Waals surface area contributed by atoms with Gasteiger partial charge in [0, 0.05) is 19.3 Å². The minimum atomic E-state index is -0.353. The molecule has 0 aliphatic heterocycles. The van der Waals surface area contributed by atoms with Gasteiger partial charge in [0.1, 0.15) is 16.5 Å². The number of halogens is 1. The number of nitrogens with two attached hydrogens (primary N) is 1. The molecular formula is C14H17FN4OS. The number of rotatable bonds is 5. The van der Waals surface area contributed by atoms with Crippen LogP contribution in [0, 0.1) is 5.82 Å². The van der Waals surface area contributed by atoms with E-state index in [2.05, 4.69) is 17.2 Å². The highest BCUT2D eigenvalue weighted by Crippen LogP contribution is 2.28. The molecule has 0 spiro atoms. The Labute approximate surface area is 126 Å². The first-order valence-corrected chi connectivity index (χ1v) is 7.37. The fourth-order valence-corrected chi connectivity index (χ4v) is 2.67. The third kappa shape index (κ3) is 3.69. The second-order valence-electron chi connectivity index (χ2n) is 4.59. The number of thiazole rings is 1. The predicted octanol–water partition coefficient (Wildman–Crippen LogP) is 2.96. The maximum absolute atomic E-state index is 12.8. The number of hydrogen-bond acceptors (Lipinski definition) is 5. The van der Waals surface area contributed by atoms with Crippen LogP contribution in [0.5, 0.6) is 0 Å². The van der Waals surface area contributed by atoms with E-state index in [0.29, 0.717) is 15.7 Å². The second-order valence-corrected chi connectivity index (χ2v) is 5.57. The molecule has 2 rings (SSSR count). The van der Waals surface area contributed by atoms with Crippen molar-refractivity contribution in [3.8, 4) is 0 Å². The van der Waals surface area contributed by atoms with Crippen LogP contribution < -0.4 is 16.0 Å². The summed E-state index contributed by atoms with van der Waals surface area (Å²) in [4.78, 5) is 18.7. The lowest BCUT2D eigenvalue weighted by atomic mass is 10.3. The van der Waals surface area contributed by atoms with Crippen LogP contribution in [0.15, 0.2) is 24.3 Å². The zero-order valence-electron chi connectivity index (χ0n) is 11.9. The lowest BCUT2D eigenvalue weighted by molar-refractivity contribution is 0.103. The number of nitrogen functional groups attached to an aromatic ring is 1. The van der Waals surface area contributed by atoms with E-state index in [1.54, 1.807) is 0 Å². The molecule has 1 heterocycles. The van der Waals surface area contributed by atoms with Gasteiger partial charge in [0.25, 0.3) is 5.91 Å². The van der Waals surface area contributed by atoms with Crippen LogP contribution >= 0.6 is 11.3 Å². The van der Waals surface area contributed by atoms with Crippen LogP contribution in [-0.2, 0) is 0 Å². The largest absolute Gasteiger partial charge is 0.382 e. The molecule has 3 N–H and O–H groups in total. The van der Waals surface area contributed by atoms with E-state index in [0.717, 1.165) is 13.0 Å². The molecule has 0 saturated heterocycles. The molecule has 21 heavy (non-hydrogen) atoms. The van der Waals surface area contributed by atoms with Gasteiger partial charge in [-0.3, -0.25) is 4.79 Å². The number of nitrogens with one attached hydrogen (secondary N) is 1. The topological polar surface area (TPSA) is 71.2 Å². The van der Waals surface area contributed by atoms with Gasteiger partial charge in [-0.25, -0.2) is 9.37 Å². The van der Waals surface area contributed by atoms with Crippen molar-refractivity contribution in [3.63, 3.8) is 0 Å². The summed E-state index contributed by atoms with van der Waals surface area (Å²) in [6.45, 7) is 2.90. The molecule has 2 aromatic rings. The van der Waals surface area contributed by atoms with Crippen molar-refractivity contribution in [2.45, 2.75) is 13.3 Å². The van der Waals surface area contributed by atoms with Crippen LogP contribution in [0.4, 0.5) is 21.0 Å². The van der Waals surface area contributed by atoms with E-state index >= 15 is 0 Å². The molecule has 0 radical (unpaired) electrons. The Hall–Kier alpha value is -2.15. The lowest BCUT2D eigenvalue weighted by Crippen LogP contribution is -2.17. The summed E-state index contributed by atoms with van der Waals surface area (Å²) in [5.74, 6) is -0.487. The highest BCUT2D eigenvalue weighted by Gasteiger charge is 2.18. The first-order chi connectivity index (χ1) is 10.0. The molecule has 7 heteroatoms. The molecule has 1 amide bonds. The van der Waals surface area contributed by atoms with Gasteiger partial charge < -0.3 is 16.0 Å². The molecular weight excluding hydrogens is 291 g/mol. The van der Waals surface area contributed by atoms with E-state index < -0.39 is 0 Å². The van der Waals surface area contributed by atoms with Crippen molar-refractivity contribution in [1.82, 2.24) is 4.98 Å². The fraction of sp³-hybridized carbons (Fsp3) is 0.286. The lowest BCUT2D eigenvalue weighted by Gasteiger charge is -2.13. The van der Waals surface area contributed by atoms with Crippen molar-refractivity contribution in [1.29, 1.82) is 0 Å². The van der Waals surface area contributed by atoms with Gasteiger partial charge in [0.15, 0.2) is 5.13 Å². The third-order valence-electron chi connectivity index (χ3n) is 2.84. The van der Waals surface area contributed by atoms with Gasteiger partial charge in [-0.1, -0.05) is 18.3 Å². The Morgan fingerprint density at radius 1 is 1.43 bits per heavy atom. The van der Waals surface area contributed by atoms with Gasteiger partial charge in [0.05, 0.1) is 0 Å². The Bertz CT molecular complexity index is 626. The molecule has 5 nitrogen and oxygen atoms in total. The van der Waals surface area contributed by atoms with Crippen molar-refractivity contribution >= 4 is 33.9 Å². The summed E-state index contributed by atoms with van der Waals surface area (Å²) in [7, 11) is 1.91. The van der Waals surface area contributed by atoms with E-state index in [1.807, 2.05) is 11.9 Å². The number of carbonyl (C=O) groups is 1. The van der Waals surface area contributed by atoms with Gasteiger partial charge in [-0.2, -0.15) is 0 Å². The van der Waals surface area contributed by atoms with Gasteiger partial charge in [-0.05, 0) is 30.7 Å². The zero-order chi connectivity index (χ0) is 15.4. The fourth-order valence-electron chi connectivity index (χ4n) is 1.80. The van der Waals surface area contributed by atoms with E-state index in [9.17, 15) is 9.18 Å². The quantitative estimate of drug-likeness (QED) is 0.891. The van der Waals surface area contributed by atoms with Crippen molar-refractivity contribution in [2.75, 3.05) is 29.5 Å². The summed E-state index contributed by atoms with van der Waals surface area (Å²) in [6.07, 6.45) is 0.979. The molecule has 0 bridgehead atoms. The van der Waals surface area contributed by atoms with Crippen molar-refractivity contribution in [3.05, 3.63) is 35.0 Å². The molecule has 0 aliphatic carbocycles. The molecule has 0 aliphatic rings. The minimum Gasteiger partial charge on any atom is -0.382 e. The molecule has 112 valence electrons. The summed E-state index contributed by atoms with van der Waals surface area (Å²) in [6, 6.07) is 5.56. The molecule has 0 fully saturated rings. The van der Waals surface area contributed by atoms with E-state index in [-0.39, 0.29) is 17.5 Å². The molecule has 0 atom stereocenters. The minimum absolute atomic E-state index is 0.206. The maximum Gasteiger partial charge on any atom is 0.269 e. The number of aromatic nitrogens is 1. The number of hydrogen-bond donors (Lipinski definition) is 2. The number of nitrogens with zero attached hydrogens (tertiary/aromatic N) is 2. The van der Waals surface area contributed by atoms with E-state index in [4.69, 9.17) is 5.73 Å². The monoisotopic (exact) mass is 308 g/mol. The third-order valence-corrected chi connectivity index (χ3v) is 4.02. The van der Waals surface area contributed by atoms with E-state index in [1.165, 1.54) is 35.6 Å². The normalized spacial score (nSPS) is 10.4. The first-order valence-electron chi connectivity index (χ1n) is 6.55. The summed E-state index contributed by atoms with van der Waals surface area (Å²) < 4.78 is 12.8. The van der Waals surface area contributed by atoms with Crippen LogP contribution in [0.25, 0.3) is 0 Å². The second kappa shape index (κ2) is 6.53. The Morgan fingerprint density at radius 3 is 2.71 bits per heavy atom. The number of anilines is 3. The molecule has 0 unspecified atom stereocenters. The average Bonchev–Trinajstić information content (AvgIpc) is 2.84. The summed E-state index contributed by atoms with van der Waals surface area (Å²) in [5, 5.41) is 3.38. The number of carbonyl (C=O) groups excluding carboxylic acids is 1. The number of amides is 1. The highest BCUT2D eigenvalue weighted by atomic mass is 32.1. The van der Waals surface area contributed by atoms with Crippen LogP contribution in [0.1, 0.15) is 23.0 Å². The Morgan fingerprint density at radius 2 is 2.10 bits per heavy atom. The molecule has 1 aromatic carbocycles. The summed E-state index contributed by atoms with van der Waals surface area (Å²) >= 11 is 1.24. The maximum atomic E-state index is 12.8. The van der Waals surface area contributed by atoms with Crippen LogP contribution in [-0.4, -0.2) is 24.5 Å². The predicted molar refractivity (Wildman–Crippen MR) is 84.4 cm³/mol. The first kappa shape index (κ1) is 15.2. The van der Waals surface area contributed by atoms with Gasteiger partial charge in [-0.15, -0.1) is 0 Å². The van der Waals surface area contributed by atoms with Gasteiger partial charge in [0.2, 0.25) is 0 Å². The number of benzene rings is 1. The zero-order valence-corrected chi connectivity index (χ0v) is 12.7. The summed E-state index contributed by atoms with van der Waals surface area (Å²) in [5.41, 5.74) is 6.32. The SMILES string of the molecule is CCCN(C)c1nc(N)c(C(=O)Nc2ccc(F)cc2)s1. The smallest absolute Gasteiger partial charge is 0.269 e. The molecule has 0 saturated carbocycles. The molecule has 1 aromatic heterocycles. The standard InChI is InChI=1S/C14H17FN4OS/c1-3-8-19(2)14-18-12(16)11(21-14)13(20)17-10-6-4-9(15)5-7-10/h4-7H,3,8,16H2,1-2H3,(H,17,20). The van der Waals surface area contributed by atoms with Gasteiger partial charge >= 0.3 is 0 Å².